The number of carbonyl (C=O) groups is 2. The van der Waals surface area contributed by atoms with Gasteiger partial charge in [0.25, 0.3) is 11.8 Å². The lowest BCUT2D eigenvalue weighted by Crippen LogP contribution is -2.37. The smallest absolute Gasteiger partial charge is 0.274 e. The molecule has 0 spiro atoms. The summed E-state index contributed by atoms with van der Waals surface area (Å²) in [5, 5.41) is 9.47. The van der Waals surface area contributed by atoms with Crippen molar-refractivity contribution in [1.82, 2.24) is 14.9 Å². The number of ether oxygens (including phenoxy) is 1. The van der Waals surface area contributed by atoms with Gasteiger partial charge in [0.2, 0.25) is 0 Å². The molecule has 0 fully saturated rings. The fraction of sp³-hybridized carbons (Fsp3) is 0.294. The van der Waals surface area contributed by atoms with Crippen molar-refractivity contribution in [3.05, 3.63) is 50.8 Å². The Kier molecular flexibility index (Phi) is 5.13. The lowest BCUT2D eigenvalue weighted by molar-refractivity contribution is 0.0700. The number of hydrogen-bond acceptors (Lipinski definition) is 4. The predicted molar refractivity (Wildman–Crippen MR) is 96.1 cm³/mol. The highest BCUT2D eigenvalue weighted by atomic mass is 35.5. The van der Waals surface area contributed by atoms with Crippen LogP contribution in [0, 0.1) is 0 Å². The van der Waals surface area contributed by atoms with Gasteiger partial charge >= 0.3 is 0 Å². The van der Waals surface area contributed by atoms with Crippen molar-refractivity contribution in [1.29, 1.82) is 0 Å². The number of fused-ring (bicyclic) bond motifs is 1. The molecule has 2 heterocycles. The summed E-state index contributed by atoms with van der Waals surface area (Å²) in [5.74, 6) is -0.314. The number of amides is 2. The van der Waals surface area contributed by atoms with Gasteiger partial charge in [-0.25, -0.2) is 5.48 Å². The van der Waals surface area contributed by atoms with Crippen LogP contribution in [0.15, 0.2) is 18.2 Å². The van der Waals surface area contributed by atoms with Crippen LogP contribution in [0.25, 0.3) is 0 Å². The molecule has 0 atom stereocenters. The first-order valence-electron chi connectivity index (χ1n) is 7.81. The van der Waals surface area contributed by atoms with E-state index in [2.05, 4.69) is 0 Å². The number of nitrogens with zero attached hydrogens (tertiary/aromatic N) is 2. The van der Waals surface area contributed by atoms with Gasteiger partial charge in [-0.15, -0.1) is 0 Å². The minimum atomic E-state index is -0.613. The van der Waals surface area contributed by atoms with Gasteiger partial charge in [-0.1, -0.05) is 23.2 Å². The SMILES string of the molecule is COc1cc(C(=O)NO)cc2c1CN(C(=O)c1cc(Cl)c(Cl)n1C)CC2. The molecular formula is C17H17Cl2N3O4. The van der Waals surface area contributed by atoms with Crippen LogP contribution in [-0.2, 0) is 20.0 Å². The molecule has 0 unspecified atom stereocenters. The molecule has 7 nitrogen and oxygen atoms in total. The topological polar surface area (TPSA) is 83.8 Å². The van der Waals surface area contributed by atoms with Crippen molar-refractivity contribution < 1.29 is 19.5 Å². The second kappa shape index (κ2) is 7.19. The highest BCUT2D eigenvalue weighted by molar-refractivity contribution is 6.41. The van der Waals surface area contributed by atoms with E-state index in [1.165, 1.54) is 13.2 Å². The Morgan fingerprint density at radius 3 is 2.58 bits per heavy atom. The van der Waals surface area contributed by atoms with E-state index in [4.69, 9.17) is 33.1 Å². The van der Waals surface area contributed by atoms with Crippen molar-refractivity contribution in [2.24, 2.45) is 7.05 Å². The summed E-state index contributed by atoms with van der Waals surface area (Å²) in [6, 6.07) is 4.78. The average Bonchev–Trinajstić information content (AvgIpc) is 2.92. The molecule has 26 heavy (non-hydrogen) atoms. The Morgan fingerprint density at radius 1 is 1.27 bits per heavy atom. The molecule has 1 aromatic carbocycles. The fourth-order valence-electron chi connectivity index (χ4n) is 3.09. The zero-order valence-electron chi connectivity index (χ0n) is 14.2. The third kappa shape index (κ3) is 3.13. The van der Waals surface area contributed by atoms with Crippen LogP contribution in [0.3, 0.4) is 0 Å². The van der Waals surface area contributed by atoms with Gasteiger partial charge < -0.3 is 14.2 Å². The van der Waals surface area contributed by atoms with E-state index in [9.17, 15) is 9.59 Å². The highest BCUT2D eigenvalue weighted by Gasteiger charge is 2.28. The highest BCUT2D eigenvalue weighted by Crippen LogP contribution is 2.32. The van der Waals surface area contributed by atoms with Crippen molar-refractivity contribution >= 4 is 35.0 Å². The van der Waals surface area contributed by atoms with Crippen molar-refractivity contribution in [2.45, 2.75) is 13.0 Å². The van der Waals surface area contributed by atoms with E-state index in [0.717, 1.165) is 11.1 Å². The van der Waals surface area contributed by atoms with Crippen LogP contribution >= 0.6 is 23.2 Å². The first-order valence-corrected chi connectivity index (χ1v) is 8.57. The van der Waals surface area contributed by atoms with Crippen LogP contribution in [0.1, 0.15) is 32.0 Å². The minimum Gasteiger partial charge on any atom is -0.496 e. The number of carbonyl (C=O) groups excluding carboxylic acids is 2. The normalized spacial score (nSPS) is 13.3. The number of rotatable bonds is 3. The lowest BCUT2D eigenvalue weighted by Gasteiger charge is -2.30. The first-order chi connectivity index (χ1) is 12.4. The maximum atomic E-state index is 12.9. The third-order valence-electron chi connectivity index (χ3n) is 4.51. The maximum absolute atomic E-state index is 12.9. The van der Waals surface area contributed by atoms with E-state index in [1.54, 1.807) is 34.1 Å². The molecule has 1 aliphatic rings. The summed E-state index contributed by atoms with van der Waals surface area (Å²) >= 11 is 12.1. The van der Waals surface area contributed by atoms with Gasteiger partial charge in [-0.2, -0.15) is 0 Å². The van der Waals surface area contributed by atoms with E-state index in [1.807, 2.05) is 0 Å². The molecule has 0 bridgehead atoms. The second-order valence-electron chi connectivity index (χ2n) is 5.96. The van der Waals surface area contributed by atoms with Crippen LogP contribution in [0.2, 0.25) is 10.2 Å². The van der Waals surface area contributed by atoms with E-state index < -0.39 is 5.91 Å². The maximum Gasteiger partial charge on any atom is 0.274 e. The zero-order valence-corrected chi connectivity index (χ0v) is 15.7. The number of aromatic nitrogens is 1. The van der Waals surface area contributed by atoms with Gasteiger partial charge in [0.1, 0.15) is 16.6 Å². The molecule has 9 heteroatoms. The summed E-state index contributed by atoms with van der Waals surface area (Å²) in [5.41, 5.74) is 4.04. The summed E-state index contributed by atoms with van der Waals surface area (Å²) in [7, 11) is 3.17. The van der Waals surface area contributed by atoms with Gasteiger partial charge in [0.05, 0.1) is 12.1 Å². The van der Waals surface area contributed by atoms with Crippen molar-refractivity contribution in [3.63, 3.8) is 0 Å². The number of nitrogens with one attached hydrogen (secondary N) is 1. The lowest BCUT2D eigenvalue weighted by atomic mass is 9.95. The standard InChI is InChI=1S/C17H17Cl2N3O4/c1-21-13(7-12(18)15(21)19)17(24)22-4-3-9-5-10(16(23)20-25)6-14(26-2)11(9)8-22/h5-7,25H,3-4,8H2,1-2H3,(H,20,23). The molecule has 3 rings (SSSR count). The van der Waals surface area contributed by atoms with Gasteiger partial charge in [0, 0.05) is 31.3 Å². The number of hydrogen-bond donors (Lipinski definition) is 2. The summed E-state index contributed by atoms with van der Waals surface area (Å²) < 4.78 is 6.93. The Balaban J connectivity index is 1.93. The monoisotopic (exact) mass is 397 g/mol. The Labute approximate surface area is 160 Å². The van der Waals surface area contributed by atoms with E-state index >= 15 is 0 Å². The van der Waals surface area contributed by atoms with E-state index in [0.29, 0.717) is 46.7 Å². The minimum absolute atomic E-state index is 0.189. The van der Waals surface area contributed by atoms with Gasteiger partial charge in [-0.05, 0) is 30.2 Å². The molecule has 2 aromatic rings. The fourth-order valence-corrected chi connectivity index (χ4v) is 3.47. The Bertz CT molecular complexity index is 877. The summed E-state index contributed by atoms with van der Waals surface area (Å²) in [4.78, 5) is 26.2. The van der Waals surface area contributed by atoms with Crippen molar-refractivity contribution in [2.75, 3.05) is 13.7 Å². The average molecular weight is 398 g/mol. The molecule has 0 radical (unpaired) electrons. The Morgan fingerprint density at radius 2 is 2.00 bits per heavy atom. The third-order valence-corrected chi connectivity index (χ3v) is 5.35. The van der Waals surface area contributed by atoms with E-state index in [-0.39, 0.29) is 5.91 Å². The Hall–Kier alpha value is -2.22. The molecule has 1 aromatic heterocycles. The summed E-state index contributed by atoms with van der Waals surface area (Å²) in [6.45, 7) is 0.804. The largest absolute Gasteiger partial charge is 0.496 e. The number of hydroxylamine groups is 1. The quantitative estimate of drug-likeness (QED) is 0.615. The van der Waals surface area contributed by atoms with Gasteiger partial charge in [-0.3, -0.25) is 14.8 Å². The van der Waals surface area contributed by atoms with Crippen LogP contribution in [0.5, 0.6) is 5.75 Å². The molecule has 2 amide bonds. The molecule has 0 saturated heterocycles. The summed E-state index contributed by atoms with van der Waals surface area (Å²) in [6.07, 6.45) is 0.551. The first kappa shape index (κ1) is 18.6. The second-order valence-corrected chi connectivity index (χ2v) is 6.73. The zero-order chi connectivity index (χ0) is 19.0. The van der Waals surface area contributed by atoms with Gasteiger partial charge in [0.15, 0.2) is 0 Å². The van der Waals surface area contributed by atoms with Crippen LogP contribution in [0.4, 0.5) is 0 Å². The number of methoxy groups -OCH3 is 1. The van der Waals surface area contributed by atoms with Crippen LogP contribution in [-0.4, -0.2) is 40.1 Å². The predicted octanol–water partition coefficient (Wildman–Crippen LogP) is 2.66. The number of halogens is 2. The molecule has 2 N–H and O–H groups in total. The molecule has 1 aliphatic heterocycles. The molecule has 0 aliphatic carbocycles. The van der Waals surface area contributed by atoms with Crippen LogP contribution < -0.4 is 10.2 Å². The molecular weight excluding hydrogens is 381 g/mol. The van der Waals surface area contributed by atoms with Crippen molar-refractivity contribution in [3.8, 4) is 5.75 Å². The molecule has 138 valence electrons. The number of benzene rings is 1. The molecule has 0 saturated carbocycles.